The largest absolute Gasteiger partial charge is 0.478 e. The maximum Gasteiger partial charge on any atom is 0.337 e. The summed E-state index contributed by atoms with van der Waals surface area (Å²) in [5.41, 5.74) is 5.99. The van der Waals surface area contributed by atoms with E-state index in [0.29, 0.717) is 29.9 Å². The summed E-state index contributed by atoms with van der Waals surface area (Å²) < 4.78 is 25.9. The maximum absolute atomic E-state index is 13.3. The number of amides is 1. The van der Waals surface area contributed by atoms with Crippen molar-refractivity contribution in [2.45, 2.75) is 78.8 Å². The Kier molecular flexibility index (Phi) is 13.1. The monoisotopic (exact) mass is 778 g/mol. The molecule has 0 unspecified atom stereocenters. The second kappa shape index (κ2) is 18.2. The normalized spacial score (nSPS) is 20.1. The third-order valence-corrected chi connectivity index (χ3v) is 10.8. The number of nitrogens with one attached hydrogen (secondary N) is 3. The number of fused-ring (bicyclic) bond motifs is 2. The summed E-state index contributed by atoms with van der Waals surface area (Å²) in [7, 11) is 0. The van der Waals surface area contributed by atoms with Crippen molar-refractivity contribution in [1.82, 2.24) is 40.0 Å². The van der Waals surface area contributed by atoms with Crippen LogP contribution in [0.3, 0.4) is 0 Å². The van der Waals surface area contributed by atoms with E-state index >= 15 is 0 Å². The molecule has 4 N–H and O–H groups in total. The van der Waals surface area contributed by atoms with Gasteiger partial charge in [-0.3, -0.25) is 14.6 Å². The number of piperazine rings is 2. The third-order valence-electron chi connectivity index (χ3n) is 10.8. The molecule has 13 heteroatoms. The van der Waals surface area contributed by atoms with Crippen LogP contribution in [-0.4, -0.2) is 102 Å². The van der Waals surface area contributed by atoms with Gasteiger partial charge in [0.15, 0.2) is 0 Å². The number of nitrogens with zero attached hydrogens (tertiary/aromatic N) is 5. The average molecular weight is 779 g/mol. The molecule has 2 aromatic carbocycles. The van der Waals surface area contributed by atoms with Gasteiger partial charge in [-0.15, -0.1) is 0 Å². The van der Waals surface area contributed by atoms with Crippen LogP contribution in [0, 0.1) is 25.5 Å². The van der Waals surface area contributed by atoms with E-state index in [4.69, 9.17) is 5.11 Å². The van der Waals surface area contributed by atoms with Crippen LogP contribution in [0.25, 0.3) is 22.1 Å². The van der Waals surface area contributed by atoms with Gasteiger partial charge < -0.3 is 25.3 Å². The number of halogens is 2. The number of aryl methyl sites for hydroxylation is 2. The second-order valence-corrected chi connectivity index (χ2v) is 15.3. The summed E-state index contributed by atoms with van der Waals surface area (Å²) in [5, 5.41) is 14.0. The Labute approximate surface area is 332 Å². The lowest BCUT2D eigenvalue weighted by Gasteiger charge is -2.44. The zero-order valence-electron chi connectivity index (χ0n) is 33.4. The lowest BCUT2D eigenvalue weighted by atomic mass is 10.0. The molecule has 8 rings (SSSR count). The molecule has 0 aliphatic carbocycles. The van der Waals surface area contributed by atoms with Crippen LogP contribution < -0.4 is 5.32 Å². The van der Waals surface area contributed by atoms with Crippen molar-refractivity contribution in [3.63, 3.8) is 0 Å². The second-order valence-electron chi connectivity index (χ2n) is 15.3. The molecule has 6 aromatic rings. The molecule has 0 bridgehead atoms. The van der Waals surface area contributed by atoms with Gasteiger partial charge in [-0.05, 0) is 101 Å². The van der Waals surface area contributed by atoms with Gasteiger partial charge in [-0.2, -0.15) is 0 Å². The molecular weight excluding hydrogens is 727 g/mol. The van der Waals surface area contributed by atoms with Gasteiger partial charge in [-0.25, -0.2) is 23.5 Å². The molecular formula is C44H52F2N8O3. The van der Waals surface area contributed by atoms with E-state index in [1.54, 1.807) is 25.3 Å². The van der Waals surface area contributed by atoms with Crippen LogP contribution in [0.1, 0.15) is 70.9 Å². The number of hydrogen-bond donors (Lipinski definition) is 4. The predicted molar refractivity (Wildman–Crippen MR) is 219 cm³/mol. The number of carboxylic acid groups (broad SMARTS) is 1. The van der Waals surface area contributed by atoms with E-state index in [-0.39, 0.29) is 35.2 Å². The molecule has 2 aliphatic heterocycles. The summed E-state index contributed by atoms with van der Waals surface area (Å²) in [5.74, 6) is -1.28. The van der Waals surface area contributed by atoms with E-state index in [2.05, 4.69) is 62.7 Å². The van der Waals surface area contributed by atoms with Crippen molar-refractivity contribution in [2.75, 3.05) is 26.2 Å². The molecule has 2 fully saturated rings. The molecule has 2 aliphatic rings. The number of rotatable bonds is 6. The Balaban J connectivity index is 0.000000160. The topological polar surface area (TPSA) is 133 Å². The molecule has 4 atom stereocenters. The Hall–Kier alpha value is -5.50. The van der Waals surface area contributed by atoms with Gasteiger partial charge in [-0.1, -0.05) is 24.3 Å². The van der Waals surface area contributed by atoms with E-state index in [0.717, 1.165) is 66.0 Å². The Morgan fingerprint density at radius 1 is 0.684 bits per heavy atom. The summed E-state index contributed by atoms with van der Waals surface area (Å²) in [4.78, 5) is 45.4. The van der Waals surface area contributed by atoms with Crippen LogP contribution in [0.5, 0.6) is 0 Å². The van der Waals surface area contributed by atoms with E-state index < -0.39 is 5.97 Å². The highest BCUT2D eigenvalue weighted by atomic mass is 19.1. The van der Waals surface area contributed by atoms with Crippen molar-refractivity contribution in [2.24, 2.45) is 0 Å². The summed E-state index contributed by atoms with van der Waals surface area (Å²) >= 11 is 0. The van der Waals surface area contributed by atoms with E-state index in [1.165, 1.54) is 29.8 Å². The summed E-state index contributed by atoms with van der Waals surface area (Å²) in [6.07, 6.45) is 3.58. The standard InChI is InChI=1S/C22H25FN4O.C13H19FN2.C9H8N2O2/c1-14-12-27(15(2)11-26(14)13-17-4-6-19(23)7-5-17)22(28)20-10-18-8-9-24-21(18)25-16(20)3;1-10-8-16(11(2)7-15-10)9-12-3-5-13(14)6-4-12;1-5-7(9(12)13)4-6-2-3-10-8(6)11-5/h4-10,14-15H,11-13H2,1-3H3,(H,24,25);3-6,10-11,15H,7-9H2,1-2H3;2-4H,1H3,(H,10,11)(H,12,13)/t14-,15+;10-,11+;/m01./s1. The highest BCUT2D eigenvalue weighted by Gasteiger charge is 2.33. The van der Waals surface area contributed by atoms with Gasteiger partial charge >= 0.3 is 5.97 Å². The highest BCUT2D eigenvalue weighted by molar-refractivity contribution is 5.98. The van der Waals surface area contributed by atoms with Crippen LogP contribution in [0.15, 0.2) is 85.2 Å². The van der Waals surface area contributed by atoms with Gasteiger partial charge in [0, 0.05) is 86.6 Å². The number of carbonyl (C=O) groups excluding carboxylic acids is 1. The number of carboxylic acids is 1. The number of hydrogen-bond acceptors (Lipinski definition) is 7. The fraction of sp³-hybridized carbons (Fsp3) is 0.364. The molecule has 11 nitrogen and oxygen atoms in total. The van der Waals surface area contributed by atoms with Crippen LogP contribution in [0.4, 0.5) is 8.78 Å². The first-order chi connectivity index (χ1) is 27.2. The summed E-state index contributed by atoms with van der Waals surface area (Å²) in [6, 6.07) is 22.1. The highest BCUT2D eigenvalue weighted by Crippen LogP contribution is 2.23. The first kappa shape index (κ1) is 41.1. The molecule has 1 amide bonds. The first-order valence-corrected chi connectivity index (χ1v) is 19.4. The van der Waals surface area contributed by atoms with E-state index in [9.17, 15) is 18.4 Å². The molecule has 4 aromatic heterocycles. The van der Waals surface area contributed by atoms with Crippen molar-refractivity contribution < 1.29 is 23.5 Å². The predicted octanol–water partition coefficient (Wildman–Crippen LogP) is 7.32. The molecule has 2 saturated heterocycles. The lowest BCUT2D eigenvalue weighted by molar-refractivity contribution is 0.0290. The Bertz CT molecular complexity index is 2290. The van der Waals surface area contributed by atoms with Gasteiger partial charge in [0.1, 0.15) is 22.9 Å². The molecule has 0 spiro atoms. The maximum atomic E-state index is 13.3. The van der Waals surface area contributed by atoms with Gasteiger partial charge in [0.05, 0.1) is 22.5 Å². The molecule has 300 valence electrons. The number of pyridine rings is 2. The molecule has 6 heterocycles. The summed E-state index contributed by atoms with van der Waals surface area (Å²) in [6.45, 7) is 17.4. The fourth-order valence-corrected chi connectivity index (χ4v) is 7.40. The van der Waals surface area contributed by atoms with E-state index in [1.807, 2.05) is 54.4 Å². The van der Waals surface area contributed by atoms with Gasteiger partial charge in [0.2, 0.25) is 0 Å². The lowest BCUT2D eigenvalue weighted by Crippen LogP contribution is -2.57. The van der Waals surface area contributed by atoms with Crippen LogP contribution >= 0.6 is 0 Å². The number of carbonyl (C=O) groups is 2. The molecule has 57 heavy (non-hydrogen) atoms. The number of aromatic amines is 2. The Morgan fingerprint density at radius 2 is 1.18 bits per heavy atom. The van der Waals surface area contributed by atoms with Crippen molar-refractivity contribution in [3.05, 3.63) is 130 Å². The number of benzene rings is 2. The molecule has 0 radical (unpaired) electrons. The number of aromatic nitrogens is 4. The zero-order valence-corrected chi connectivity index (χ0v) is 33.4. The Morgan fingerprint density at radius 3 is 1.70 bits per heavy atom. The number of H-pyrrole nitrogens is 2. The fourth-order valence-electron chi connectivity index (χ4n) is 7.40. The van der Waals surface area contributed by atoms with Crippen LogP contribution in [-0.2, 0) is 13.1 Å². The third kappa shape index (κ3) is 10.3. The minimum Gasteiger partial charge on any atom is -0.478 e. The number of aromatic carboxylic acids is 1. The van der Waals surface area contributed by atoms with Crippen molar-refractivity contribution in [1.29, 1.82) is 0 Å². The van der Waals surface area contributed by atoms with Gasteiger partial charge in [0.25, 0.3) is 5.91 Å². The first-order valence-electron chi connectivity index (χ1n) is 19.4. The molecule has 0 saturated carbocycles. The minimum atomic E-state index is -0.937. The van der Waals surface area contributed by atoms with Crippen molar-refractivity contribution >= 4 is 33.9 Å². The quantitative estimate of drug-likeness (QED) is 0.138. The average Bonchev–Trinajstić information content (AvgIpc) is 3.84. The smallest absolute Gasteiger partial charge is 0.337 e. The SMILES string of the molecule is C[C@@H]1CN(Cc2ccc(F)cc2)[C@@H](C)CN1.Cc1nc2[nH]ccc2cc1C(=O)N1C[C@H](C)N(Cc2ccc(F)cc2)C[C@H]1C.Cc1nc2[nH]ccc2cc1C(=O)O. The zero-order chi connectivity index (χ0) is 40.8. The van der Waals surface area contributed by atoms with Crippen molar-refractivity contribution in [3.8, 4) is 0 Å². The van der Waals surface area contributed by atoms with Crippen LogP contribution in [0.2, 0.25) is 0 Å². The minimum absolute atomic E-state index is 0.0360.